The Balaban J connectivity index is 3.23. The number of hydrogen-bond donors (Lipinski definition) is 1. The van der Waals surface area contributed by atoms with Crippen molar-refractivity contribution in [3.63, 3.8) is 0 Å². The fraction of sp³-hybridized carbons (Fsp3) is 0.750. The van der Waals surface area contributed by atoms with Gasteiger partial charge in [-0.05, 0) is 44.9 Å². The molecular formula is C20H36O3. The van der Waals surface area contributed by atoms with E-state index in [-0.39, 0.29) is 12.6 Å². The third-order valence-corrected chi connectivity index (χ3v) is 3.63. The van der Waals surface area contributed by atoms with Gasteiger partial charge in [0.25, 0.3) is 0 Å². The largest absolute Gasteiger partial charge is 0.466 e. The van der Waals surface area contributed by atoms with E-state index in [0.717, 1.165) is 32.1 Å². The fourth-order valence-electron chi connectivity index (χ4n) is 2.21. The Kier molecular flexibility index (Phi) is 18.1. The van der Waals surface area contributed by atoms with Gasteiger partial charge in [0.05, 0.1) is 6.61 Å². The number of aliphatic hydroxyl groups is 1. The normalized spacial score (nSPS) is 11.6. The molecule has 0 aromatic carbocycles. The second kappa shape index (κ2) is 19.0. The van der Waals surface area contributed by atoms with Gasteiger partial charge in [-0.3, -0.25) is 4.79 Å². The zero-order valence-electron chi connectivity index (χ0n) is 15.0. The quantitative estimate of drug-likeness (QED) is 0.237. The summed E-state index contributed by atoms with van der Waals surface area (Å²) in [6, 6.07) is 0. The van der Waals surface area contributed by atoms with Crippen molar-refractivity contribution in [2.45, 2.75) is 84.0 Å². The van der Waals surface area contributed by atoms with Gasteiger partial charge in [-0.2, -0.15) is 0 Å². The number of carbonyl (C=O) groups is 1. The van der Waals surface area contributed by atoms with Crippen LogP contribution in [0.3, 0.4) is 0 Å². The Labute approximate surface area is 142 Å². The van der Waals surface area contributed by atoms with Crippen LogP contribution in [0.2, 0.25) is 0 Å². The maximum Gasteiger partial charge on any atom is 0.305 e. The third kappa shape index (κ3) is 18.9. The summed E-state index contributed by atoms with van der Waals surface area (Å²) in [5, 5.41) is 8.62. The van der Waals surface area contributed by atoms with Crippen molar-refractivity contribution in [2.24, 2.45) is 0 Å². The van der Waals surface area contributed by atoms with Gasteiger partial charge >= 0.3 is 5.97 Å². The first-order valence-corrected chi connectivity index (χ1v) is 9.37. The molecule has 0 amide bonds. The molecule has 0 aliphatic rings. The van der Waals surface area contributed by atoms with Gasteiger partial charge in [0.2, 0.25) is 0 Å². The van der Waals surface area contributed by atoms with Gasteiger partial charge in [-0.1, -0.05) is 56.9 Å². The van der Waals surface area contributed by atoms with E-state index < -0.39 is 0 Å². The molecule has 134 valence electrons. The van der Waals surface area contributed by atoms with Crippen LogP contribution in [0.25, 0.3) is 0 Å². The van der Waals surface area contributed by atoms with Gasteiger partial charge in [0.1, 0.15) is 0 Å². The lowest BCUT2D eigenvalue weighted by molar-refractivity contribution is -0.143. The minimum Gasteiger partial charge on any atom is -0.466 e. The molecule has 1 N–H and O–H groups in total. The van der Waals surface area contributed by atoms with Crippen LogP contribution in [-0.2, 0) is 9.53 Å². The van der Waals surface area contributed by atoms with Crippen molar-refractivity contribution in [1.29, 1.82) is 0 Å². The highest BCUT2D eigenvalue weighted by molar-refractivity contribution is 5.69. The van der Waals surface area contributed by atoms with E-state index in [0.29, 0.717) is 19.4 Å². The average molecular weight is 325 g/mol. The van der Waals surface area contributed by atoms with Gasteiger partial charge in [-0.25, -0.2) is 0 Å². The Morgan fingerprint density at radius 2 is 1.57 bits per heavy atom. The highest BCUT2D eigenvalue weighted by atomic mass is 16.5. The van der Waals surface area contributed by atoms with E-state index in [9.17, 15) is 4.79 Å². The number of allylic oxidation sites excluding steroid dienone is 4. The zero-order valence-corrected chi connectivity index (χ0v) is 15.0. The minimum absolute atomic E-state index is 0.0954. The van der Waals surface area contributed by atoms with Crippen LogP contribution in [0.1, 0.15) is 84.0 Å². The van der Waals surface area contributed by atoms with Crippen molar-refractivity contribution in [1.82, 2.24) is 0 Å². The van der Waals surface area contributed by atoms with E-state index in [1.165, 1.54) is 32.1 Å². The van der Waals surface area contributed by atoms with Crippen LogP contribution >= 0.6 is 0 Å². The topological polar surface area (TPSA) is 46.5 Å². The van der Waals surface area contributed by atoms with E-state index >= 15 is 0 Å². The zero-order chi connectivity index (χ0) is 17.0. The van der Waals surface area contributed by atoms with Crippen LogP contribution < -0.4 is 0 Å². The van der Waals surface area contributed by atoms with Gasteiger partial charge in [0.15, 0.2) is 0 Å². The lowest BCUT2D eigenvalue weighted by Crippen LogP contribution is -2.06. The Morgan fingerprint density at radius 3 is 2.30 bits per heavy atom. The predicted molar refractivity (Wildman–Crippen MR) is 97.4 cm³/mol. The van der Waals surface area contributed by atoms with Crippen LogP contribution in [0, 0.1) is 0 Å². The lowest BCUT2D eigenvalue weighted by atomic mass is 10.1. The number of aliphatic hydroxyl groups excluding tert-OH is 1. The molecule has 0 aromatic heterocycles. The molecule has 0 saturated carbocycles. The van der Waals surface area contributed by atoms with Crippen LogP contribution in [-0.4, -0.2) is 24.3 Å². The molecule has 0 rings (SSSR count). The summed E-state index contributed by atoms with van der Waals surface area (Å²) in [5.41, 5.74) is 0. The summed E-state index contributed by atoms with van der Waals surface area (Å²) in [4.78, 5) is 11.4. The van der Waals surface area contributed by atoms with Gasteiger partial charge < -0.3 is 9.84 Å². The van der Waals surface area contributed by atoms with Crippen LogP contribution in [0.4, 0.5) is 0 Å². The summed E-state index contributed by atoms with van der Waals surface area (Å²) in [5.74, 6) is -0.0954. The number of rotatable bonds is 16. The van der Waals surface area contributed by atoms with Crippen molar-refractivity contribution >= 4 is 5.97 Å². The second-order valence-corrected chi connectivity index (χ2v) is 5.92. The molecule has 0 saturated heterocycles. The third-order valence-electron chi connectivity index (χ3n) is 3.63. The summed E-state index contributed by atoms with van der Waals surface area (Å²) in [7, 11) is 0. The smallest absolute Gasteiger partial charge is 0.305 e. The molecule has 0 aromatic rings. The van der Waals surface area contributed by atoms with Crippen LogP contribution in [0.5, 0.6) is 0 Å². The Hall–Kier alpha value is -1.09. The second-order valence-electron chi connectivity index (χ2n) is 5.92. The highest BCUT2D eigenvalue weighted by Gasteiger charge is 2.01. The first-order valence-electron chi connectivity index (χ1n) is 9.37. The van der Waals surface area contributed by atoms with Crippen molar-refractivity contribution in [3.05, 3.63) is 24.3 Å². The van der Waals surface area contributed by atoms with E-state index in [1.807, 2.05) is 0 Å². The molecule has 0 aliphatic carbocycles. The first-order chi connectivity index (χ1) is 11.3. The molecule has 0 unspecified atom stereocenters. The summed E-state index contributed by atoms with van der Waals surface area (Å²) in [6.07, 6.45) is 21.3. The number of hydrogen-bond acceptors (Lipinski definition) is 3. The van der Waals surface area contributed by atoms with Crippen molar-refractivity contribution in [3.8, 4) is 0 Å². The molecule has 0 fully saturated rings. The highest BCUT2D eigenvalue weighted by Crippen LogP contribution is 2.08. The van der Waals surface area contributed by atoms with Crippen molar-refractivity contribution in [2.75, 3.05) is 13.2 Å². The van der Waals surface area contributed by atoms with E-state index in [4.69, 9.17) is 9.84 Å². The minimum atomic E-state index is -0.0954. The number of carbonyl (C=O) groups excluding carboxylic acids is 1. The van der Waals surface area contributed by atoms with Crippen LogP contribution in [0.15, 0.2) is 24.3 Å². The van der Waals surface area contributed by atoms with Gasteiger partial charge in [0, 0.05) is 13.0 Å². The summed E-state index contributed by atoms with van der Waals surface area (Å²) in [6.45, 7) is 2.81. The van der Waals surface area contributed by atoms with E-state index in [2.05, 4.69) is 31.2 Å². The monoisotopic (exact) mass is 324 g/mol. The maximum atomic E-state index is 11.4. The molecule has 0 atom stereocenters. The SMILES string of the molecule is CCC/C=C\C/C=C\CCCCCCCC(=O)OCCCCO. The molecule has 0 radical (unpaired) electrons. The first kappa shape index (κ1) is 21.9. The lowest BCUT2D eigenvalue weighted by Gasteiger charge is -2.04. The molecule has 23 heavy (non-hydrogen) atoms. The number of esters is 1. The summed E-state index contributed by atoms with van der Waals surface area (Å²) >= 11 is 0. The standard InChI is InChI=1S/C20H36O3/c1-2-3-4-5-6-7-8-9-10-11-12-13-14-17-20(22)23-19-16-15-18-21/h4-5,7-8,21H,2-3,6,9-19H2,1H3/b5-4-,8-7-. The molecule has 0 heterocycles. The van der Waals surface area contributed by atoms with E-state index in [1.54, 1.807) is 0 Å². The number of unbranched alkanes of at least 4 members (excludes halogenated alkanes) is 7. The van der Waals surface area contributed by atoms with Crippen molar-refractivity contribution < 1.29 is 14.6 Å². The molecule has 3 heteroatoms. The molecule has 0 spiro atoms. The Bertz CT molecular complexity index is 308. The summed E-state index contributed by atoms with van der Waals surface area (Å²) < 4.78 is 5.09. The Morgan fingerprint density at radius 1 is 0.870 bits per heavy atom. The maximum absolute atomic E-state index is 11.4. The predicted octanol–water partition coefficient (Wildman–Crippen LogP) is 5.34. The average Bonchev–Trinajstić information content (AvgIpc) is 2.56. The molecule has 0 aliphatic heterocycles. The fourth-order valence-corrected chi connectivity index (χ4v) is 2.21. The number of ether oxygens (including phenoxy) is 1. The molecule has 0 bridgehead atoms. The molecule has 3 nitrogen and oxygen atoms in total. The molecular weight excluding hydrogens is 288 g/mol. The van der Waals surface area contributed by atoms with Gasteiger partial charge in [-0.15, -0.1) is 0 Å².